The van der Waals surface area contributed by atoms with Gasteiger partial charge in [-0.2, -0.15) is 0 Å². The quantitative estimate of drug-likeness (QED) is 0.586. The summed E-state index contributed by atoms with van der Waals surface area (Å²) in [7, 11) is 0. The molecule has 0 aliphatic carbocycles. The van der Waals surface area contributed by atoms with Crippen LogP contribution in [-0.4, -0.2) is 18.0 Å². The molecule has 0 fully saturated rings. The molecule has 0 unspecified atom stereocenters. The maximum absolute atomic E-state index is 12.8. The third-order valence-corrected chi connectivity index (χ3v) is 3.80. The zero-order valence-electron chi connectivity index (χ0n) is 13.5. The molecule has 4 nitrogen and oxygen atoms in total. The van der Waals surface area contributed by atoms with Crippen molar-refractivity contribution >= 4 is 33.9 Å². The second kappa shape index (κ2) is 9.13. The Morgan fingerprint density at radius 3 is 2.64 bits per heavy atom. The van der Waals surface area contributed by atoms with E-state index >= 15 is 0 Å². The minimum Gasteiger partial charge on any atom is -0.449 e. The van der Waals surface area contributed by atoms with Crippen LogP contribution in [0.2, 0.25) is 0 Å². The molecular weight excluding hydrogens is 389 g/mol. The minimum atomic E-state index is -0.930. The number of hydrogen-bond donors (Lipinski definition) is 1. The van der Waals surface area contributed by atoms with Crippen LogP contribution >= 0.6 is 15.9 Å². The van der Waals surface area contributed by atoms with E-state index in [1.54, 1.807) is 18.2 Å². The largest absolute Gasteiger partial charge is 0.449 e. The molecule has 25 heavy (non-hydrogen) atoms. The second-order valence-electron chi connectivity index (χ2n) is 5.31. The molecule has 0 aliphatic heterocycles. The van der Waals surface area contributed by atoms with Gasteiger partial charge < -0.3 is 10.1 Å². The topological polar surface area (TPSA) is 55.4 Å². The fourth-order valence-corrected chi connectivity index (χ4v) is 2.39. The maximum Gasteiger partial charge on any atom is 0.331 e. The number of rotatable bonds is 6. The molecule has 0 spiro atoms. The SMILES string of the molecule is C[C@@H](OC(=O)/C=C/c1cccc(Br)c1)C(=O)NCc1ccc(F)cc1. The molecule has 0 saturated carbocycles. The Kier molecular flexibility index (Phi) is 6.89. The van der Waals surface area contributed by atoms with Crippen molar-refractivity contribution in [1.82, 2.24) is 5.32 Å². The highest BCUT2D eigenvalue weighted by molar-refractivity contribution is 9.10. The maximum atomic E-state index is 12.8. The van der Waals surface area contributed by atoms with E-state index in [1.807, 2.05) is 24.3 Å². The van der Waals surface area contributed by atoms with Gasteiger partial charge in [0.05, 0.1) is 0 Å². The molecule has 2 rings (SSSR count). The van der Waals surface area contributed by atoms with Gasteiger partial charge in [-0.1, -0.05) is 40.2 Å². The number of hydrogen-bond acceptors (Lipinski definition) is 3. The molecule has 2 aromatic carbocycles. The van der Waals surface area contributed by atoms with Gasteiger partial charge in [0.2, 0.25) is 0 Å². The van der Waals surface area contributed by atoms with Gasteiger partial charge in [0, 0.05) is 17.1 Å². The van der Waals surface area contributed by atoms with E-state index < -0.39 is 18.0 Å². The van der Waals surface area contributed by atoms with Gasteiger partial charge in [-0.15, -0.1) is 0 Å². The van der Waals surface area contributed by atoms with Crippen LogP contribution < -0.4 is 5.32 Å². The highest BCUT2D eigenvalue weighted by Crippen LogP contribution is 2.12. The minimum absolute atomic E-state index is 0.231. The summed E-state index contributed by atoms with van der Waals surface area (Å²) in [4.78, 5) is 23.7. The Morgan fingerprint density at radius 1 is 1.24 bits per heavy atom. The first-order valence-electron chi connectivity index (χ1n) is 7.60. The number of carbonyl (C=O) groups is 2. The van der Waals surface area contributed by atoms with Gasteiger partial charge in [0.25, 0.3) is 5.91 Å². The molecule has 1 N–H and O–H groups in total. The van der Waals surface area contributed by atoms with E-state index in [1.165, 1.54) is 25.1 Å². The summed E-state index contributed by atoms with van der Waals surface area (Å²) < 4.78 is 18.8. The predicted octanol–water partition coefficient (Wildman–Crippen LogP) is 3.85. The monoisotopic (exact) mass is 405 g/mol. The number of benzene rings is 2. The third kappa shape index (κ3) is 6.51. The number of esters is 1. The second-order valence-corrected chi connectivity index (χ2v) is 6.23. The first-order valence-corrected chi connectivity index (χ1v) is 8.40. The lowest BCUT2D eigenvalue weighted by atomic mass is 10.2. The van der Waals surface area contributed by atoms with Crippen molar-refractivity contribution in [3.63, 3.8) is 0 Å². The van der Waals surface area contributed by atoms with Crippen LogP contribution in [0.15, 0.2) is 59.1 Å². The Labute approximate surface area is 153 Å². The molecule has 2 aromatic rings. The first kappa shape index (κ1) is 18.9. The molecule has 0 heterocycles. The van der Waals surface area contributed by atoms with E-state index in [4.69, 9.17) is 4.74 Å². The van der Waals surface area contributed by atoms with Crippen LogP contribution in [0.25, 0.3) is 6.08 Å². The van der Waals surface area contributed by atoms with Crippen LogP contribution in [0.1, 0.15) is 18.1 Å². The first-order chi connectivity index (χ1) is 11.9. The lowest BCUT2D eigenvalue weighted by molar-refractivity contribution is -0.150. The van der Waals surface area contributed by atoms with Gasteiger partial charge >= 0.3 is 5.97 Å². The number of halogens is 2. The van der Waals surface area contributed by atoms with Crippen LogP contribution in [0.3, 0.4) is 0 Å². The van der Waals surface area contributed by atoms with Crippen molar-refractivity contribution in [1.29, 1.82) is 0 Å². The van der Waals surface area contributed by atoms with Crippen molar-refractivity contribution in [2.24, 2.45) is 0 Å². The molecule has 130 valence electrons. The zero-order valence-corrected chi connectivity index (χ0v) is 15.1. The summed E-state index contributed by atoms with van der Waals surface area (Å²) in [5.74, 6) is -1.37. The summed E-state index contributed by atoms with van der Waals surface area (Å²) in [6.07, 6.45) is 1.95. The van der Waals surface area contributed by atoms with Gasteiger partial charge in [-0.25, -0.2) is 9.18 Å². The number of ether oxygens (including phenoxy) is 1. The molecule has 0 aliphatic rings. The van der Waals surface area contributed by atoms with Gasteiger partial charge in [0.15, 0.2) is 6.10 Å². The summed E-state index contributed by atoms with van der Waals surface area (Å²) in [5, 5.41) is 2.64. The van der Waals surface area contributed by atoms with E-state index in [2.05, 4.69) is 21.2 Å². The van der Waals surface area contributed by atoms with Crippen LogP contribution in [-0.2, 0) is 20.9 Å². The highest BCUT2D eigenvalue weighted by Gasteiger charge is 2.16. The fraction of sp³-hybridized carbons (Fsp3) is 0.158. The lowest BCUT2D eigenvalue weighted by Crippen LogP contribution is -2.35. The Bertz CT molecular complexity index is 774. The Morgan fingerprint density at radius 2 is 1.96 bits per heavy atom. The van der Waals surface area contributed by atoms with Gasteiger partial charge in [-0.05, 0) is 48.4 Å². The van der Waals surface area contributed by atoms with E-state index in [-0.39, 0.29) is 12.4 Å². The molecule has 1 atom stereocenters. The Balaban J connectivity index is 1.81. The van der Waals surface area contributed by atoms with E-state index in [0.717, 1.165) is 15.6 Å². The number of carbonyl (C=O) groups excluding carboxylic acids is 2. The van der Waals surface area contributed by atoms with Crippen LogP contribution in [0, 0.1) is 5.82 Å². The molecule has 1 amide bonds. The van der Waals surface area contributed by atoms with Gasteiger partial charge in [0.1, 0.15) is 5.82 Å². The van der Waals surface area contributed by atoms with Crippen LogP contribution in [0.4, 0.5) is 4.39 Å². The standard InChI is InChI=1S/C19H17BrFNO3/c1-13(19(24)22-12-15-5-8-17(21)9-6-15)25-18(23)10-7-14-3-2-4-16(20)11-14/h2-11,13H,12H2,1H3,(H,22,24)/b10-7+/t13-/m1/s1. The highest BCUT2D eigenvalue weighted by atomic mass is 79.9. The Hall–Kier alpha value is -2.47. The molecule has 0 aromatic heterocycles. The molecule has 0 radical (unpaired) electrons. The van der Waals surface area contributed by atoms with Crippen molar-refractivity contribution in [3.05, 3.63) is 76.0 Å². The number of nitrogens with one attached hydrogen (secondary N) is 1. The predicted molar refractivity (Wildman–Crippen MR) is 97.0 cm³/mol. The average molecular weight is 406 g/mol. The summed E-state index contributed by atoms with van der Waals surface area (Å²) in [6.45, 7) is 1.72. The summed E-state index contributed by atoms with van der Waals surface area (Å²) in [5.41, 5.74) is 1.59. The van der Waals surface area contributed by atoms with Crippen molar-refractivity contribution < 1.29 is 18.7 Å². The summed E-state index contributed by atoms with van der Waals surface area (Å²) >= 11 is 3.35. The van der Waals surface area contributed by atoms with E-state index in [0.29, 0.717) is 0 Å². The average Bonchev–Trinajstić information content (AvgIpc) is 2.59. The summed E-state index contributed by atoms with van der Waals surface area (Å²) in [6, 6.07) is 13.2. The van der Waals surface area contributed by atoms with Crippen molar-refractivity contribution in [2.45, 2.75) is 19.6 Å². The fourth-order valence-electron chi connectivity index (χ4n) is 1.98. The smallest absolute Gasteiger partial charge is 0.331 e. The van der Waals surface area contributed by atoms with Crippen molar-refractivity contribution in [3.8, 4) is 0 Å². The molecule has 0 saturated heterocycles. The zero-order chi connectivity index (χ0) is 18.2. The third-order valence-electron chi connectivity index (χ3n) is 3.30. The number of amides is 1. The molecule has 6 heteroatoms. The van der Waals surface area contributed by atoms with Crippen molar-refractivity contribution in [2.75, 3.05) is 0 Å². The van der Waals surface area contributed by atoms with E-state index in [9.17, 15) is 14.0 Å². The van der Waals surface area contributed by atoms with Gasteiger partial charge in [-0.3, -0.25) is 4.79 Å². The normalized spacial score (nSPS) is 12.0. The lowest BCUT2D eigenvalue weighted by Gasteiger charge is -2.12. The molecular formula is C19H17BrFNO3. The van der Waals surface area contributed by atoms with Crippen LogP contribution in [0.5, 0.6) is 0 Å². The molecule has 0 bridgehead atoms.